The highest BCUT2D eigenvalue weighted by atomic mass is 32.2. The number of benzene rings is 1. The van der Waals surface area contributed by atoms with Crippen LogP contribution in [0.1, 0.15) is 42.8 Å². The van der Waals surface area contributed by atoms with Gasteiger partial charge >= 0.3 is 0 Å². The largest absolute Gasteiger partial charge is 0.302 e. The molecule has 0 saturated heterocycles. The van der Waals surface area contributed by atoms with E-state index in [1.54, 1.807) is 13.8 Å². The number of nitrogens with zero attached hydrogens (tertiary/aromatic N) is 2. The van der Waals surface area contributed by atoms with E-state index >= 15 is 0 Å². The number of thiazole rings is 1. The van der Waals surface area contributed by atoms with Crippen LogP contribution in [0.15, 0.2) is 30.3 Å². The average molecular weight is 408 g/mol. The molecule has 0 aliphatic carbocycles. The first-order valence-electron chi connectivity index (χ1n) is 9.17. The summed E-state index contributed by atoms with van der Waals surface area (Å²) in [4.78, 5) is 17.6. The van der Waals surface area contributed by atoms with Crippen molar-refractivity contribution in [2.45, 2.75) is 51.3 Å². The summed E-state index contributed by atoms with van der Waals surface area (Å²) in [7, 11) is -3.27. The predicted molar refractivity (Wildman–Crippen MR) is 108 cm³/mol. The molecule has 3 rings (SSSR count). The van der Waals surface area contributed by atoms with E-state index in [0.29, 0.717) is 31.1 Å². The molecule has 1 aromatic heterocycles. The lowest BCUT2D eigenvalue weighted by Crippen LogP contribution is -2.39. The van der Waals surface area contributed by atoms with Crippen LogP contribution in [0.5, 0.6) is 0 Å². The van der Waals surface area contributed by atoms with Crippen LogP contribution in [-0.4, -0.2) is 35.4 Å². The van der Waals surface area contributed by atoms with Crippen LogP contribution in [0.25, 0.3) is 0 Å². The van der Waals surface area contributed by atoms with Gasteiger partial charge in [0.2, 0.25) is 15.9 Å². The van der Waals surface area contributed by atoms with E-state index in [9.17, 15) is 13.2 Å². The second-order valence-corrected chi connectivity index (χ2v) is 10.5. The zero-order chi connectivity index (χ0) is 19.4. The van der Waals surface area contributed by atoms with Gasteiger partial charge in [0.05, 0.1) is 10.9 Å². The van der Waals surface area contributed by atoms with Crippen molar-refractivity contribution in [2.24, 2.45) is 0 Å². The zero-order valence-corrected chi connectivity index (χ0v) is 17.3. The van der Waals surface area contributed by atoms with Crippen molar-refractivity contribution in [1.29, 1.82) is 0 Å². The lowest BCUT2D eigenvalue weighted by molar-refractivity contribution is -0.116. The van der Waals surface area contributed by atoms with E-state index < -0.39 is 15.3 Å². The Morgan fingerprint density at radius 3 is 2.74 bits per heavy atom. The molecule has 0 atom stereocenters. The Bertz CT molecular complexity index is 892. The summed E-state index contributed by atoms with van der Waals surface area (Å²) in [6.07, 6.45) is 2.67. The van der Waals surface area contributed by atoms with Crippen LogP contribution in [0.2, 0.25) is 0 Å². The SMILES string of the molecule is CC(C)S(=O)(=O)N1CCc2nc(NC(=O)CCCc3ccccc3)sc2C1. The van der Waals surface area contributed by atoms with Crippen LogP contribution >= 0.6 is 11.3 Å². The van der Waals surface area contributed by atoms with E-state index in [0.717, 1.165) is 23.4 Å². The van der Waals surface area contributed by atoms with Crippen molar-refractivity contribution in [3.8, 4) is 0 Å². The molecule has 1 aliphatic heterocycles. The summed E-state index contributed by atoms with van der Waals surface area (Å²) in [6, 6.07) is 10.1. The molecular formula is C19H25N3O3S2. The number of aromatic nitrogens is 1. The molecule has 0 spiro atoms. The predicted octanol–water partition coefficient (Wildman–Crippen LogP) is 3.20. The first-order chi connectivity index (χ1) is 12.9. The number of carbonyl (C=O) groups excluding carboxylic acids is 1. The van der Waals surface area contributed by atoms with Gasteiger partial charge in [0.15, 0.2) is 5.13 Å². The smallest absolute Gasteiger partial charge is 0.226 e. The third-order valence-corrected chi connectivity index (χ3v) is 7.83. The molecule has 0 saturated carbocycles. The van der Waals surface area contributed by atoms with Gasteiger partial charge in [0.25, 0.3) is 0 Å². The molecular weight excluding hydrogens is 382 g/mol. The van der Waals surface area contributed by atoms with Gasteiger partial charge in [-0.3, -0.25) is 4.79 Å². The molecule has 2 aromatic rings. The Hall–Kier alpha value is -1.77. The quantitative estimate of drug-likeness (QED) is 0.764. The molecule has 1 aromatic carbocycles. The fourth-order valence-corrected chi connectivity index (χ4v) is 5.39. The van der Waals surface area contributed by atoms with Crippen LogP contribution < -0.4 is 5.32 Å². The molecule has 8 heteroatoms. The zero-order valence-electron chi connectivity index (χ0n) is 15.6. The second kappa shape index (κ2) is 8.50. The van der Waals surface area contributed by atoms with Gasteiger partial charge in [-0.1, -0.05) is 30.3 Å². The summed E-state index contributed by atoms with van der Waals surface area (Å²) in [5, 5.41) is 2.99. The van der Waals surface area contributed by atoms with Crippen LogP contribution in [-0.2, 0) is 34.2 Å². The van der Waals surface area contributed by atoms with Crippen LogP contribution in [0.3, 0.4) is 0 Å². The van der Waals surface area contributed by atoms with Crippen LogP contribution in [0, 0.1) is 0 Å². The fraction of sp³-hybridized carbons (Fsp3) is 0.474. The Morgan fingerprint density at radius 1 is 1.30 bits per heavy atom. The Morgan fingerprint density at radius 2 is 2.04 bits per heavy atom. The number of hydrogen-bond acceptors (Lipinski definition) is 5. The number of hydrogen-bond donors (Lipinski definition) is 1. The maximum absolute atomic E-state index is 12.4. The van der Waals surface area contributed by atoms with Crippen molar-refractivity contribution >= 4 is 32.4 Å². The molecule has 1 aliphatic rings. The Balaban J connectivity index is 1.54. The minimum absolute atomic E-state index is 0.0521. The average Bonchev–Trinajstić information content (AvgIpc) is 3.03. The lowest BCUT2D eigenvalue weighted by atomic mass is 10.1. The number of amides is 1. The van der Waals surface area contributed by atoms with Gasteiger partial charge < -0.3 is 5.32 Å². The molecule has 0 bridgehead atoms. The maximum atomic E-state index is 12.4. The molecule has 2 heterocycles. The van der Waals surface area contributed by atoms with Gasteiger partial charge in [-0.15, -0.1) is 11.3 Å². The van der Waals surface area contributed by atoms with Crippen molar-refractivity contribution < 1.29 is 13.2 Å². The second-order valence-electron chi connectivity index (χ2n) is 6.95. The number of rotatable bonds is 7. The van der Waals surface area contributed by atoms with Crippen LogP contribution in [0.4, 0.5) is 5.13 Å². The normalized spacial score (nSPS) is 14.9. The Kier molecular flexibility index (Phi) is 6.29. The summed E-state index contributed by atoms with van der Waals surface area (Å²) in [5.74, 6) is -0.0521. The number of carbonyl (C=O) groups is 1. The third-order valence-electron chi connectivity index (χ3n) is 4.61. The van der Waals surface area contributed by atoms with E-state index in [-0.39, 0.29) is 5.91 Å². The highest BCUT2D eigenvalue weighted by Gasteiger charge is 2.31. The molecule has 0 fully saturated rings. The van der Waals surface area contributed by atoms with E-state index in [1.165, 1.54) is 21.2 Å². The molecule has 1 N–H and O–H groups in total. The van der Waals surface area contributed by atoms with E-state index in [4.69, 9.17) is 0 Å². The standard InChI is InChI=1S/C19H25N3O3S2/c1-14(2)27(24,25)22-12-11-16-17(13-22)26-19(20-16)21-18(23)10-6-9-15-7-4-3-5-8-15/h3-5,7-8,14H,6,9-13H2,1-2H3,(H,20,21,23). The summed E-state index contributed by atoms with van der Waals surface area (Å²) >= 11 is 1.38. The fourth-order valence-electron chi connectivity index (χ4n) is 3.02. The number of sulfonamides is 1. The molecule has 1 amide bonds. The molecule has 0 radical (unpaired) electrons. The summed E-state index contributed by atoms with van der Waals surface area (Å²) in [5.41, 5.74) is 2.12. The third kappa shape index (κ3) is 4.94. The highest BCUT2D eigenvalue weighted by molar-refractivity contribution is 7.89. The first kappa shape index (κ1) is 20.0. The first-order valence-corrected chi connectivity index (χ1v) is 11.5. The topological polar surface area (TPSA) is 79.4 Å². The minimum Gasteiger partial charge on any atom is -0.302 e. The molecule has 27 heavy (non-hydrogen) atoms. The number of aryl methyl sites for hydroxylation is 1. The molecule has 146 valence electrons. The van der Waals surface area contributed by atoms with Crippen molar-refractivity contribution in [3.63, 3.8) is 0 Å². The summed E-state index contributed by atoms with van der Waals surface area (Å²) in [6.45, 7) is 4.18. The minimum atomic E-state index is -3.27. The maximum Gasteiger partial charge on any atom is 0.226 e. The van der Waals surface area contributed by atoms with Gasteiger partial charge in [-0.2, -0.15) is 4.31 Å². The van der Waals surface area contributed by atoms with E-state index in [2.05, 4.69) is 22.4 Å². The van der Waals surface area contributed by atoms with Gasteiger partial charge in [-0.25, -0.2) is 13.4 Å². The van der Waals surface area contributed by atoms with Gasteiger partial charge in [0.1, 0.15) is 0 Å². The lowest BCUT2D eigenvalue weighted by Gasteiger charge is -2.26. The molecule has 6 nitrogen and oxygen atoms in total. The number of fused-ring (bicyclic) bond motifs is 1. The van der Waals surface area contributed by atoms with Crippen molar-refractivity contribution in [1.82, 2.24) is 9.29 Å². The van der Waals surface area contributed by atoms with Gasteiger partial charge in [-0.05, 0) is 32.3 Å². The number of nitrogens with one attached hydrogen (secondary N) is 1. The highest BCUT2D eigenvalue weighted by Crippen LogP contribution is 2.30. The van der Waals surface area contributed by atoms with Crippen molar-refractivity contribution in [2.75, 3.05) is 11.9 Å². The number of anilines is 1. The summed E-state index contributed by atoms with van der Waals surface area (Å²) < 4.78 is 26.2. The molecule has 0 unspecified atom stereocenters. The monoisotopic (exact) mass is 407 g/mol. The Labute approximate surface area is 164 Å². The van der Waals surface area contributed by atoms with E-state index in [1.807, 2.05) is 18.2 Å². The van der Waals surface area contributed by atoms with Gasteiger partial charge in [0, 0.05) is 30.8 Å². The van der Waals surface area contributed by atoms with Crippen molar-refractivity contribution in [3.05, 3.63) is 46.5 Å².